The van der Waals surface area contributed by atoms with Crippen LogP contribution in [0.4, 0.5) is 0 Å². The van der Waals surface area contributed by atoms with Gasteiger partial charge in [0.25, 0.3) is 0 Å². The number of hydrogen-bond donors (Lipinski definition) is 2. The Labute approximate surface area is 90.9 Å². The Hall–Kier alpha value is -1.06. The average molecular weight is 209 g/mol. The first-order chi connectivity index (χ1) is 7.30. The van der Waals surface area contributed by atoms with E-state index in [0.29, 0.717) is 6.54 Å². The van der Waals surface area contributed by atoms with Gasteiger partial charge in [-0.05, 0) is 43.0 Å². The van der Waals surface area contributed by atoms with Crippen LogP contribution in [0.2, 0.25) is 0 Å². The van der Waals surface area contributed by atoms with Crippen molar-refractivity contribution in [1.29, 1.82) is 0 Å². The molecule has 1 atom stereocenters. The summed E-state index contributed by atoms with van der Waals surface area (Å²) in [4.78, 5) is 0. The van der Waals surface area contributed by atoms with Crippen molar-refractivity contribution < 1.29 is 9.84 Å². The van der Waals surface area contributed by atoms with Gasteiger partial charge >= 0.3 is 0 Å². The van der Waals surface area contributed by atoms with Crippen LogP contribution in [0.5, 0.6) is 5.75 Å². The molecule has 0 heterocycles. The van der Waals surface area contributed by atoms with E-state index in [0.717, 1.165) is 18.6 Å². The maximum Gasteiger partial charge on any atom is 0.119 e. The van der Waals surface area contributed by atoms with Crippen molar-refractivity contribution in [3.05, 3.63) is 29.8 Å². The lowest BCUT2D eigenvalue weighted by atomic mass is 10.0. The van der Waals surface area contributed by atoms with E-state index < -0.39 is 0 Å². The molecule has 0 saturated heterocycles. The number of benzene rings is 1. The second kappa shape index (κ2) is 6.43. The minimum Gasteiger partial charge on any atom is -0.497 e. The van der Waals surface area contributed by atoms with Crippen molar-refractivity contribution in [1.82, 2.24) is 0 Å². The topological polar surface area (TPSA) is 55.5 Å². The fourth-order valence-corrected chi connectivity index (χ4v) is 1.48. The third-order valence-electron chi connectivity index (χ3n) is 2.57. The Morgan fingerprint density at radius 1 is 1.47 bits per heavy atom. The van der Waals surface area contributed by atoms with Crippen LogP contribution in [0.1, 0.15) is 12.0 Å². The zero-order valence-electron chi connectivity index (χ0n) is 9.15. The van der Waals surface area contributed by atoms with Crippen LogP contribution in [-0.2, 0) is 6.42 Å². The molecule has 1 aromatic rings. The van der Waals surface area contributed by atoms with Gasteiger partial charge in [0.2, 0.25) is 0 Å². The van der Waals surface area contributed by atoms with Crippen LogP contribution in [0.25, 0.3) is 0 Å². The first-order valence-corrected chi connectivity index (χ1v) is 5.24. The summed E-state index contributed by atoms with van der Waals surface area (Å²) in [7, 11) is 1.66. The second-order valence-corrected chi connectivity index (χ2v) is 3.67. The summed E-state index contributed by atoms with van der Waals surface area (Å²) in [6.07, 6.45) is 1.85. The Morgan fingerprint density at radius 2 is 2.27 bits per heavy atom. The summed E-state index contributed by atoms with van der Waals surface area (Å²) in [5.74, 6) is 1.08. The number of rotatable bonds is 6. The molecule has 15 heavy (non-hydrogen) atoms. The Balaban J connectivity index is 2.49. The van der Waals surface area contributed by atoms with Gasteiger partial charge in [-0.25, -0.2) is 0 Å². The van der Waals surface area contributed by atoms with Gasteiger partial charge in [-0.3, -0.25) is 0 Å². The average Bonchev–Trinajstić information content (AvgIpc) is 2.31. The molecule has 3 nitrogen and oxygen atoms in total. The van der Waals surface area contributed by atoms with Crippen molar-refractivity contribution in [2.24, 2.45) is 11.7 Å². The zero-order valence-corrected chi connectivity index (χ0v) is 9.15. The van der Waals surface area contributed by atoms with Gasteiger partial charge in [0, 0.05) is 6.61 Å². The smallest absolute Gasteiger partial charge is 0.119 e. The highest BCUT2D eigenvalue weighted by molar-refractivity contribution is 5.28. The van der Waals surface area contributed by atoms with Gasteiger partial charge < -0.3 is 15.6 Å². The highest BCUT2D eigenvalue weighted by atomic mass is 16.5. The normalized spacial score (nSPS) is 12.5. The van der Waals surface area contributed by atoms with Crippen LogP contribution in [-0.4, -0.2) is 25.4 Å². The molecule has 0 radical (unpaired) electrons. The summed E-state index contributed by atoms with van der Waals surface area (Å²) in [5.41, 5.74) is 6.74. The standard InChI is InChI=1S/C12H19NO2/c1-15-12-4-2-3-10(7-12)5-6-11(8-13)9-14/h2-4,7,11,14H,5-6,8-9,13H2,1H3. The Bertz CT molecular complexity index is 285. The molecule has 0 spiro atoms. The van der Waals surface area contributed by atoms with Gasteiger partial charge in [0.15, 0.2) is 0 Å². The molecule has 84 valence electrons. The van der Waals surface area contributed by atoms with E-state index in [2.05, 4.69) is 6.07 Å². The summed E-state index contributed by atoms with van der Waals surface area (Å²) in [5, 5.41) is 9.00. The lowest BCUT2D eigenvalue weighted by Crippen LogP contribution is -2.18. The van der Waals surface area contributed by atoms with E-state index in [1.807, 2.05) is 18.2 Å². The molecule has 0 saturated carbocycles. The number of hydrogen-bond acceptors (Lipinski definition) is 3. The van der Waals surface area contributed by atoms with E-state index in [9.17, 15) is 0 Å². The molecular weight excluding hydrogens is 190 g/mol. The van der Waals surface area contributed by atoms with E-state index in [1.165, 1.54) is 5.56 Å². The Morgan fingerprint density at radius 3 is 2.87 bits per heavy atom. The number of aryl methyl sites for hydroxylation is 1. The van der Waals surface area contributed by atoms with Crippen LogP contribution in [0, 0.1) is 5.92 Å². The molecule has 0 fully saturated rings. The SMILES string of the molecule is COc1cccc(CCC(CN)CO)c1. The van der Waals surface area contributed by atoms with Crippen molar-refractivity contribution in [2.75, 3.05) is 20.3 Å². The van der Waals surface area contributed by atoms with Gasteiger partial charge in [-0.15, -0.1) is 0 Å². The van der Waals surface area contributed by atoms with Crippen molar-refractivity contribution in [3.63, 3.8) is 0 Å². The fourth-order valence-electron chi connectivity index (χ4n) is 1.48. The molecule has 0 bridgehead atoms. The second-order valence-electron chi connectivity index (χ2n) is 3.67. The predicted octanol–water partition coefficient (Wildman–Crippen LogP) is 1.19. The Kier molecular flexibility index (Phi) is 5.15. The molecule has 0 aliphatic heterocycles. The summed E-state index contributed by atoms with van der Waals surface area (Å²) in [6.45, 7) is 0.709. The number of aliphatic hydroxyl groups excluding tert-OH is 1. The third-order valence-corrected chi connectivity index (χ3v) is 2.57. The molecule has 3 heteroatoms. The zero-order chi connectivity index (χ0) is 11.1. The molecule has 1 aromatic carbocycles. The number of aliphatic hydroxyl groups is 1. The van der Waals surface area contributed by atoms with E-state index in [1.54, 1.807) is 7.11 Å². The van der Waals surface area contributed by atoms with E-state index in [-0.39, 0.29) is 12.5 Å². The summed E-state index contributed by atoms with van der Waals surface area (Å²) >= 11 is 0. The number of nitrogens with two attached hydrogens (primary N) is 1. The van der Waals surface area contributed by atoms with Gasteiger partial charge in [0.1, 0.15) is 5.75 Å². The van der Waals surface area contributed by atoms with Gasteiger partial charge in [-0.2, -0.15) is 0 Å². The molecule has 0 aromatic heterocycles. The first kappa shape index (κ1) is 12.0. The van der Waals surface area contributed by atoms with Crippen LogP contribution >= 0.6 is 0 Å². The molecule has 3 N–H and O–H groups in total. The van der Waals surface area contributed by atoms with Gasteiger partial charge in [-0.1, -0.05) is 12.1 Å². The minimum atomic E-state index is 0.167. The highest BCUT2D eigenvalue weighted by Crippen LogP contribution is 2.15. The predicted molar refractivity (Wildman–Crippen MR) is 60.9 cm³/mol. The van der Waals surface area contributed by atoms with Crippen LogP contribution < -0.4 is 10.5 Å². The quantitative estimate of drug-likeness (QED) is 0.740. The van der Waals surface area contributed by atoms with E-state index in [4.69, 9.17) is 15.6 Å². The summed E-state index contributed by atoms with van der Waals surface area (Å²) < 4.78 is 5.14. The molecule has 0 aliphatic carbocycles. The van der Waals surface area contributed by atoms with Crippen molar-refractivity contribution in [3.8, 4) is 5.75 Å². The van der Waals surface area contributed by atoms with E-state index >= 15 is 0 Å². The third kappa shape index (κ3) is 3.90. The lowest BCUT2D eigenvalue weighted by molar-refractivity contribution is 0.223. The molecule has 1 rings (SSSR count). The first-order valence-electron chi connectivity index (χ1n) is 5.24. The molecular formula is C12H19NO2. The highest BCUT2D eigenvalue weighted by Gasteiger charge is 2.05. The van der Waals surface area contributed by atoms with Crippen LogP contribution in [0.15, 0.2) is 24.3 Å². The van der Waals surface area contributed by atoms with Crippen LogP contribution in [0.3, 0.4) is 0 Å². The van der Waals surface area contributed by atoms with Crippen molar-refractivity contribution in [2.45, 2.75) is 12.8 Å². The molecule has 0 amide bonds. The molecule has 1 unspecified atom stereocenters. The number of ether oxygens (including phenoxy) is 1. The minimum absolute atomic E-state index is 0.167. The lowest BCUT2D eigenvalue weighted by Gasteiger charge is -2.11. The maximum absolute atomic E-state index is 9.00. The fraction of sp³-hybridized carbons (Fsp3) is 0.500. The van der Waals surface area contributed by atoms with Gasteiger partial charge in [0.05, 0.1) is 7.11 Å². The molecule has 0 aliphatic rings. The monoisotopic (exact) mass is 209 g/mol. The summed E-state index contributed by atoms with van der Waals surface area (Å²) in [6, 6.07) is 7.99. The number of methoxy groups -OCH3 is 1. The maximum atomic E-state index is 9.00. The largest absolute Gasteiger partial charge is 0.497 e. The van der Waals surface area contributed by atoms with Crippen molar-refractivity contribution >= 4 is 0 Å².